The summed E-state index contributed by atoms with van der Waals surface area (Å²) in [4.78, 5) is 28.3. The van der Waals surface area contributed by atoms with Gasteiger partial charge in [0.2, 0.25) is 0 Å². The van der Waals surface area contributed by atoms with Crippen LogP contribution in [-0.4, -0.2) is 48.2 Å². The van der Waals surface area contributed by atoms with E-state index in [0.29, 0.717) is 36.3 Å². The fourth-order valence-electron chi connectivity index (χ4n) is 4.45. The average Bonchev–Trinajstić information content (AvgIpc) is 3.20. The van der Waals surface area contributed by atoms with Crippen molar-refractivity contribution in [3.8, 4) is 0 Å². The Morgan fingerprint density at radius 1 is 1.32 bits per heavy atom. The van der Waals surface area contributed by atoms with E-state index in [1.54, 1.807) is 7.11 Å². The van der Waals surface area contributed by atoms with Gasteiger partial charge >= 0.3 is 0 Å². The largest absolute Gasteiger partial charge is 0.378 e. The number of rotatable bonds is 9. The second-order valence-electron chi connectivity index (χ2n) is 8.03. The van der Waals surface area contributed by atoms with Crippen molar-refractivity contribution in [2.75, 3.05) is 26.7 Å². The molecule has 0 radical (unpaired) electrons. The molecule has 3 rings (SSSR count). The maximum absolute atomic E-state index is 13.1. The number of methoxy groups -OCH3 is 1. The quantitative estimate of drug-likeness (QED) is 0.642. The maximum Gasteiger partial charge on any atom is 0.257 e. The van der Waals surface area contributed by atoms with Gasteiger partial charge in [0.1, 0.15) is 5.56 Å². The molecule has 2 aromatic rings. The highest BCUT2D eigenvalue weighted by Crippen LogP contribution is 2.19. The van der Waals surface area contributed by atoms with Crippen molar-refractivity contribution in [3.63, 3.8) is 0 Å². The first-order valence-electron chi connectivity index (χ1n) is 10.9. The summed E-state index contributed by atoms with van der Waals surface area (Å²) in [5, 5.41) is 3.72. The first kappa shape index (κ1) is 23.5. The highest BCUT2D eigenvalue weighted by molar-refractivity contribution is 6.31. The summed E-state index contributed by atoms with van der Waals surface area (Å²) in [5.41, 5.74) is 2.34. The molecule has 1 aromatic heterocycles. The summed E-state index contributed by atoms with van der Waals surface area (Å²) in [7, 11) is 1.57. The van der Waals surface area contributed by atoms with Crippen molar-refractivity contribution >= 4 is 17.5 Å². The second-order valence-corrected chi connectivity index (χ2v) is 8.44. The van der Waals surface area contributed by atoms with Gasteiger partial charge < -0.3 is 14.6 Å². The lowest BCUT2D eigenvalue weighted by molar-refractivity contribution is 0.0932. The predicted octanol–water partition coefficient (Wildman–Crippen LogP) is 3.41. The normalized spacial score (nSPS) is 16.6. The molecule has 0 unspecified atom stereocenters. The Morgan fingerprint density at radius 2 is 2.10 bits per heavy atom. The number of carbonyl (C=O) groups is 1. The minimum Gasteiger partial charge on any atom is -0.378 e. The minimum atomic E-state index is -0.327. The number of halogens is 1. The van der Waals surface area contributed by atoms with Gasteiger partial charge in [-0.25, -0.2) is 0 Å². The van der Waals surface area contributed by atoms with Gasteiger partial charge in [-0.3, -0.25) is 14.5 Å². The molecule has 0 aliphatic carbocycles. The lowest BCUT2D eigenvalue weighted by Gasteiger charge is -2.24. The van der Waals surface area contributed by atoms with Crippen molar-refractivity contribution in [2.45, 2.75) is 52.3 Å². The number of nitrogens with zero attached hydrogens (tertiary/aromatic N) is 2. The van der Waals surface area contributed by atoms with E-state index in [-0.39, 0.29) is 23.5 Å². The van der Waals surface area contributed by atoms with Gasteiger partial charge in [-0.05, 0) is 50.9 Å². The van der Waals surface area contributed by atoms with Crippen molar-refractivity contribution in [1.82, 2.24) is 14.8 Å². The van der Waals surface area contributed by atoms with Crippen LogP contribution in [0.25, 0.3) is 0 Å². The van der Waals surface area contributed by atoms with Gasteiger partial charge in [-0.15, -0.1) is 0 Å². The number of pyridine rings is 1. The minimum absolute atomic E-state index is 0.174. The van der Waals surface area contributed by atoms with Crippen LogP contribution in [0.3, 0.4) is 0 Å². The monoisotopic (exact) mass is 445 g/mol. The second kappa shape index (κ2) is 10.9. The molecule has 1 amide bonds. The Bertz CT molecular complexity index is 973. The van der Waals surface area contributed by atoms with Crippen LogP contribution in [0.4, 0.5) is 0 Å². The van der Waals surface area contributed by atoms with E-state index in [4.69, 9.17) is 16.3 Å². The zero-order valence-electron chi connectivity index (χ0n) is 18.6. The van der Waals surface area contributed by atoms with Gasteiger partial charge in [0.15, 0.2) is 5.43 Å². The van der Waals surface area contributed by atoms with Crippen molar-refractivity contribution in [3.05, 3.63) is 68.1 Å². The average molecular weight is 446 g/mol. The molecule has 6 nitrogen and oxygen atoms in total. The number of benzene rings is 1. The van der Waals surface area contributed by atoms with Gasteiger partial charge in [0.25, 0.3) is 5.91 Å². The summed E-state index contributed by atoms with van der Waals surface area (Å²) in [6, 6.07) is 9.58. The van der Waals surface area contributed by atoms with Crippen LogP contribution in [-0.2, 0) is 24.3 Å². The van der Waals surface area contributed by atoms with Crippen molar-refractivity contribution in [2.24, 2.45) is 0 Å². The SMILES string of the molecule is CCN1CCC[C@@H]1CNC(=O)c1c(COC)n(CCc2ccccc2Cl)c(C)cc1=O. The van der Waals surface area contributed by atoms with E-state index in [1.165, 1.54) is 6.07 Å². The van der Waals surface area contributed by atoms with E-state index in [9.17, 15) is 9.59 Å². The number of hydrogen-bond donors (Lipinski definition) is 1. The van der Waals surface area contributed by atoms with Crippen LogP contribution in [0, 0.1) is 6.92 Å². The third kappa shape index (κ3) is 5.56. The topological polar surface area (TPSA) is 63.6 Å². The van der Waals surface area contributed by atoms with Crippen LogP contribution < -0.4 is 10.7 Å². The Labute approximate surface area is 189 Å². The Kier molecular flexibility index (Phi) is 8.29. The van der Waals surface area contributed by atoms with E-state index < -0.39 is 0 Å². The molecule has 7 heteroatoms. The number of likely N-dealkylation sites (N-methyl/N-ethyl adjacent to an activating group) is 1. The number of ether oxygens (including phenoxy) is 1. The molecule has 1 aromatic carbocycles. The number of likely N-dealkylation sites (tertiary alicyclic amines) is 1. The summed E-state index contributed by atoms with van der Waals surface area (Å²) in [5.74, 6) is -0.327. The fraction of sp³-hybridized carbons (Fsp3) is 0.500. The summed E-state index contributed by atoms with van der Waals surface area (Å²) >= 11 is 6.31. The van der Waals surface area contributed by atoms with Crippen LogP contribution in [0.5, 0.6) is 0 Å². The number of aromatic nitrogens is 1. The Morgan fingerprint density at radius 3 is 2.81 bits per heavy atom. The number of aryl methyl sites for hydroxylation is 2. The Hall–Kier alpha value is -2.15. The third-order valence-corrected chi connectivity index (χ3v) is 6.47. The van der Waals surface area contributed by atoms with Gasteiger partial charge in [-0.1, -0.05) is 36.7 Å². The Balaban J connectivity index is 1.85. The van der Waals surface area contributed by atoms with Gasteiger partial charge in [-0.2, -0.15) is 0 Å². The van der Waals surface area contributed by atoms with Gasteiger partial charge in [0, 0.05) is 43.0 Å². The number of nitrogens with one attached hydrogen (secondary N) is 1. The molecule has 1 saturated heterocycles. The molecule has 1 atom stereocenters. The van der Waals surface area contributed by atoms with E-state index in [0.717, 1.165) is 37.2 Å². The van der Waals surface area contributed by atoms with Crippen LogP contribution in [0.2, 0.25) is 5.02 Å². The van der Waals surface area contributed by atoms with Gasteiger partial charge in [0.05, 0.1) is 12.3 Å². The summed E-state index contributed by atoms with van der Waals surface area (Å²) in [6.07, 6.45) is 2.90. The third-order valence-electron chi connectivity index (χ3n) is 6.10. The zero-order chi connectivity index (χ0) is 22.4. The molecule has 31 heavy (non-hydrogen) atoms. The molecular formula is C24H32ClN3O3. The smallest absolute Gasteiger partial charge is 0.257 e. The molecule has 2 heterocycles. The van der Waals surface area contributed by atoms with Crippen molar-refractivity contribution < 1.29 is 9.53 Å². The zero-order valence-corrected chi connectivity index (χ0v) is 19.4. The number of amides is 1. The van der Waals surface area contributed by atoms with Crippen LogP contribution in [0.1, 0.15) is 47.1 Å². The molecule has 0 spiro atoms. The van der Waals surface area contributed by atoms with Crippen LogP contribution in [0.15, 0.2) is 35.1 Å². The van der Waals surface area contributed by atoms with E-state index in [1.807, 2.05) is 35.8 Å². The maximum atomic E-state index is 13.1. The molecule has 168 valence electrons. The molecule has 0 saturated carbocycles. The fourth-order valence-corrected chi connectivity index (χ4v) is 4.68. The van der Waals surface area contributed by atoms with Crippen molar-refractivity contribution in [1.29, 1.82) is 0 Å². The van der Waals surface area contributed by atoms with Crippen LogP contribution >= 0.6 is 11.6 Å². The molecular weight excluding hydrogens is 414 g/mol. The first-order chi connectivity index (χ1) is 15.0. The lowest BCUT2D eigenvalue weighted by Crippen LogP contribution is -2.42. The summed E-state index contributed by atoms with van der Waals surface area (Å²) < 4.78 is 7.38. The van der Waals surface area contributed by atoms with E-state index in [2.05, 4.69) is 17.1 Å². The predicted molar refractivity (Wildman–Crippen MR) is 124 cm³/mol. The molecule has 1 fully saturated rings. The number of hydrogen-bond acceptors (Lipinski definition) is 4. The highest BCUT2D eigenvalue weighted by atomic mass is 35.5. The molecule has 1 aliphatic heterocycles. The highest BCUT2D eigenvalue weighted by Gasteiger charge is 2.25. The summed E-state index contributed by atoms with van der Waals surface area (Å²) in [6.45, 7) is 7.38. The lowest BCUT2D eigenvalue weighted by atomic mass is 10.1. The number of carbonyl (C=O) groups excluding carboxylic acids is 1. The molecule has 0 bridgehead atoms. The van der Waals surface area contributed by atoms with E-state index >= 15 is 0 Å². The molecule has 1 aliphatic rings. The first-order valence-corrected chi connectivity index (χ1v) is 11.3. The molecule has 1 N–H and O–H groups in total. The standard InChI is InChI=1S/C24H32ClN3O3/c1-4-27-12-7-9-19(27)15-26-24(30)23-21(16-31-3)28(17(2)14-22(23)29)13-11-18-8-5-6-10-20(18)25/h5-6,8,10,14,19H,4,7,9,11-13,15-16H2,1-3H3,(H,26,30)/t19-/m1/s1.